The van der Waals surface area contributed by atoms with Crippen molar-refractivity contribution in [3.8, 4) is 11.5 Å². The van der Waals surface area contributed by atoms with E-state index in [9.17, 15) is 9.90 Å². The molecule has 0 radical (unpaired) electrons. The number of benzene rings is 2. The second-order valence-electron chi connectivity index (χ2n) is 5.05. The van der Waals surface area contributed by atoms with Gasteiger partial charge in [0, 0.05) is 12.0 Å². The number of rotatable bonds is 3. The highest BCUT2D eigenvalue weighted by Crippen LogP contribution is 2.26. The van der Waals surface area contributed by atoms with Gasteiger partial charge in [-0.2, -0.15) is 0 Å². The van der Waals surface area contributed by atoms with Gasteiger partial charge in [-0.05, 0) is 48.2 Å². The smallest absolute Gasteiger partial charge is 0.163 e. The molecule has 2 aromatic rings. The van der Waals surface area contributed by atoms with Crippen LogP contribution < -0.4 is 4.74 Å². The molecule has 1 aliphatic rings. The summed E-state index contributed by atoms with van der Waals surface area (Å²) in [5.41, 5.74) is 2.81. The zero-order valence-electron chi connectivity index (χ0n) is 11.1. The number of carbonyl (C=O) groups excluding carboxylic acids is 1. The summed E-state index contributed by atoms with van der Waals surface area (Å²) in [5, 5.41) is 9.40. The van der Waals surface area contributed by atoms with Crippen LogP contribution in [0.3, 0.4) is 0 Å². The standard InChI is InChI=1S/C17H16O3/c18-14-5-1-3-12(9-14)11-20-15-8-7-13-4-2-6-17(19)16(13)10-15/h1,3,5,7-10,18H,2,4,6,11H2. The van der Waals surface area contributed by atoms with Gasteiger partial charge in [-0.25, -0.2) is 0 Å². The Morgan fingerprint density at radius 1 is 1.10 bits per heavy atom. The van der Waals surface area contributed by atoms with E-state index in [2.05, 4.69) is 0 Å². The normalized spacial score (nSPS) is 13.9. The first-order chi connectivity index (χ1) is 9.72. The predicted molar refractivity (Wildman–Crippen MR) is 76.1 cm³/mol. The van der Waals surface area contributed by atoms with E-state index in [0.717, 1.165) is 29.5 Å². The molecule has 1 N–H and O–H groups in total. The molecule has 0 spiro atoms. The maximum atomic E-state index is 11.9. The number of carbonyl (C=O) groups is 1. The van der Waals surface area contributed by atoms with Crippen LogP contribution in [0, 0.1) is 0 Å². The fourth-order valence-corrected chi connectivity index (χ4v) is 2.51. The fraction of sp³-hybridized carbons (Fsp3) is 0.235. The fourth-order valence-electron chi connectivity index (χ4n) is 2.51. The Morgan fingerprint density at radius 2 is 2.00 bits per heavy atom. The van der Waals surface area contributed by atoms with Crippen molar-refractivity contribution in [2.24, 2.45) is 0 Å². The monoisotopic (exact) mass is 268 g/mol. The Hall–Kier alpha value is -2.29. The molecule has 0 bridgehead atoms. The first kappa shape index (κ1) is 12.7. The Balaban J connectivity index is 1.75. The van der Waals surface area contributed by atoms with E-state index in [0.29, 0.717) is 18.8 Å². The quantitative estimate of drug-likeness (QED) is 0.926. The van der Waals surface area contributed by atoms with E-state index in [1.54, 1.807) is 18.2 Å². The Kier molecular flexibility index (Phi) is 3.42. The number of phenolic OH excluding ortho intramolecular Hbond substituents is 1. The minimum Gasteiger partial charge on any atom is -0.508 e. The van der Waals surface area contributed by atoms with Crippen LogP contribution >= 0.6 is 0 Å². The summed E-state index contributed by atoms with van der Waals surface area (Å²) in [6.45, 7) is 0.376. The summed E-state index contributed by atoms with van der Waals surface area (Å²) < 4.78 is 5.70. The molecule has 0 aliphatic heterocycles. The van der Waals surface area contributed by atoms with Crippen LogP contribution in [-0.2, 0) is 13.0 Å². The Morgan fingerprint density at radius 3 is 2.85 bits per heavy atom. The van der Waals surface area contributed by atoms with Gasteiger partial charge in [0.1, 0.15) is 18.1 Å². The summed E-state index contributed by atoms with van der Waals surface area (Å²) in [7, 11) is 0. The maximum absolute atomic E-state index is 11.9. The van der Waals surface area contributed by atoms with Crippen molar-refractivity contribution >= 4 is 5.78 Å². The topological polar surface area (TPSA) is 46.5 Å². The number of aryl methyl sites for hydroxylation is 1. The molecule has 1 aliphatic carbocycles. The van der Waals surface area contributed by atoms with Crippen molar-refractivity contribution in [2.75, 3.05) is 0 Å². The van der Waals surface area contributed by atoms with Crippen molar-refractivity contribution in [1.29, 1.82) is 0 Å². The van der Waals surface area contributed by atoms with Crippen molar-refractivity contribution in [3.63, 3.8) is 0 Å². The lowest BCUT2D eigenvalue weighted by Gasteiger charge is -2.16. The van der Waals surface area contributed by atoms with Crippen LogP contribution in [-0.4, -0.2) is 10.9 Å². The summed E-state index contributed by atoms with van der Waals surface area (Å²) >= 11 is 0. The molecule has 0 saturated carbocycles. The molecular weight excluding hydrogens is 252 g/mol. The SMILES string of the molecule is O=C1CCCc2ccc(OCc3cccc(O)c3)cc21. The lowest BCUT2D eigenvalue weighted by molar-refractivity contribution is 0.0972. The minimum atomic E-state index is 0.203. The molecule has 2 aromatic carbocycles. The minimum absolute atomic E-state index is 0.203. The van der Waals surface area contributed by atoms with E-state index in [1.165, 1.54) is 0 Å². The third-order valence-electron chi connectivity index (χ3n) is 3.55. The molecule has 102 valence electrons. The molecule has 0 aromatic heterocycles. The number of fused-ring (bicyclic) bond motifs is 1. The van der Waals surface area contributed by atoms with Crippen molar-refractivity contribution in [1.82, 2.24) is 0 Å². The molecule has 0 saturated heterocycles. The number of Topliss-reactive ketones (excluding diaryl/α,β-unsaturated/α-hetero) is 1. The van der Waals surface area contributed by atoms with Crippen LogP contribution in [0.25, 0.3) is 0 Å². The van der Waals surface area contributed by atoms with Gasteiger partial charge in [0.05, 0.1) is 0 Å². The van der Waals surface area contributed by atoms with Gasteiger partial charge in [-0.1, -0.05) is 18.2 Å². The molecule has 0 heterocycles. The van der Waals surface area contributed by atoms with Crippen LogP contribution in [0.15, 0.2) is 42.5 Å². The highest BCUT2D eigenvalue weighted by atomic mass is 16.5. The van der Waals surface area contributed by atoms with Gasteiger partial charge in [-0.3, -0.25) is 4.79 Å². The van der Waals surface area contributed by atoms with Crippen molar-refractivity contribution < 1.29 is 14.6 Å². The summed E-state index contributed by atoms with van der Waals surface area (Å²) in [4.78, 5) is 11.9. The van der Waals surface area contributed by atoms with Gasteiger partial charge >= 0.3 is 0 Å². The van der Waals surface area contributed by atoms with Crippen LogP contribution in [0.5, 0.6) is 11.5 Å². The van der Waals surface area contributed by atoms with Gasteiger partial charge in [0.15, 0.2) is 5.78 Å². The molecule has 3 rings (SSSR count). The molecule has 3 heteroatoms. The van der Waals surface area contributed by atoms with Crippen LogP contribution in [0.1, 0.15) is 34.3 Å². The zero-order chi connectivity index (χ0) is 13.9. The first-order valence-corrected chi connectivity index (χ1v) is 6.79. The average Bonchev–Trinajstić information content (AvgIpc) is 2.46. The van der Waals surface area contributed by atoms with Crippen molar-refractivity contribution in [2.45, 2.75) is 25.9 Å². The molecule has 3 nitrogen and oxygen atoms in total. The molecule has 0 unspecified atom stereocenters. The summed E-state index contributed by atoms with van der Waals surface area (Å²) in [6, 6.07) is 12.7. The summed E-state index contributed by atoms with van der Waals surface area (Å²) in [5.74, 6) is 1.13. The molecule has 0 fully saturated rings. The lowest BCUT2D eigenvalue weighted by Crippen LogP contribution is -2.10. The number of ketones is 1. The van der Waals surface area contributed by atoms with E-state index in [-0.39, 0.29) is 11.5 Å². The second-order valence-corrected chi connectivity index (χ2v) is 5.05. The van der Waals surface area contributed by atoms with E-state index >= 15 is 0 Å². The highest BCUT2D eigenvalue weighted by Gasteiger charge is 2.17. The average molecular weight is 268 g/mol. The van der Waals surface area contributed by atoms with Gasteiger partial charge in [0.25, 0.3) is 0 Å². The Bertz CT molecular complexity index is 646. The lowest BCUT2D eigenvalue weighted by atomic mass is 9.90. The first-order valence-electron chi connectivity index (χ1n) is 6.79. The third-order valence-corrected chi connectivity index (χ3v) is 3.55. The van der Waals surface area contributed by atoms with Gasteiger partial charge in [-0.15, -0.1) is 0 Å². The largest absolute Gasteiger partial charge is 0.508 e. The number of hydrogen-bond donors (Lipinski definition) is 1. The van der Waals surface area contributed by atoms with Crippen molar-refractivity contribution in [3.05, 3.63) is 59.2 Å². The maximum Gasteiger partial charge on any atom is 0.163 e. The second kappa shape index (κ2) is 5.37. The molecule has 20 heavy (non-hydrogen) atoms. The molecular formula is C17H16O3. The summed E-state index contributed by atoms with van der Waals surface area (Å²) in [6.07, 6.45) is 2.53. The number of hydrogen-bond acceptors (Lipinski definition) is 3. The molecule has 0 amide bonds. The Labute approximate surface area is 117 Å². The van der Waals surface area contributed by atoms with Gasteiger partial charge in [0.2, 0.25) is 0 Å². The zero-order valence-corrected chi connectivity index (χ0v) is 11.1. The van der Waals surface area contributed by atoms with E-state index in [1.807, 2.05) is 24.3 Å². The van der Waals surface area contributed by atoms with Crippen LogP contribution in [0.2, 0.25) is 0 Å². The number of ether oxygens (including phenoxy) is 1. The third kappa shape index (κ3) is 2.67. The highest BCUT2D eigenvalue weighted by molar-refractivity contribution is 5.98. The van der Waals surface area contributed by atoms with Crippen LogP contribution in [0.4, 0.5) is 0 Å². The molecule has 0 atom stereocenters. The van der Waals surface area contributed by atoms with E-state index < -0.39 is 0 Å². The van der Waals surface area contributed by atoms with E-state index in [4.69, 9.17) is 4.74 Å². The number of phenols is 1. The predicted octanol–water partition coefficient (Wildman–Crippen LogP) is 3.49. The van der Waals surface area contributed by atoms with Gasteiger partial charge < -0.3 is 9.84 Å². The number of aromatic hydroxyl groups is 1.